The van der Waals surface area contributed by atoms with Crippen LogP contribution in [-0.2, 0) is 4.79 Å². The highest BCUT2D eigenvalue weighted by Gasteiger charge is 2.13. The number of carbonyl (C=O) groups is 1. The van der Waals surface area contributed by atoms with Crippen molar-refractivity contribution >= 4 is 17.7 Å². The summed E-state index contributed by atoms with van der Waals surface area (Å²) in [5.74, 6) is -0.710. The van der Waals surface area contributed by atoms with E-state index >= 15 is 0 Å². The molecule has 0 aliphatic carbocycles. The average Bonchev–Trinajstić information content (AvgIpc) is 2.16. The van der Waals surface area contributed by atoms with Crippen molar-refractivity contribution in [1.82, 2.24) is 0 Å². The van der Waals surface area contributed by atoms with Crippen molar-refractivity contribution in [2.75, 3.05) is 0 Å². The van der Waals surface area contributed by atoms with E-state index in [4.69, 9.17) is 5.11 Å². The summed E-state index contributed by atoms with van der Waals surface area (Å²) < 4.78 is 0. The van der Waals surface area contributed by atoms with E-state index in [9.17, 15) is 4.79 Å². The molecule has 0 fully saturated rings. The van der Waals surface area contributed by atoms with Crippen LogP contribution >= 0.6 is 11.8 Å². The molecule has 16 heavy (non-hydrogen) atoms. The molecular weight excluding hydrogens is 220 g/mol. The van der Waals surface area contributed by atoms with Gasteiger partial charge in [-0.1, -0.05) is 31.0 Å². The van der Waals surface area contributed by atoms with Gasteiger partial charge in [0, 0.05) is 10.1 Å². The minimum absolute atomic E-state index is 0.185. The van der Waals surface area contributed by atoms with Crippen LogP contribution in [-0.4, -0.2) is 16.3 Å². The Bertz CT molecular complexity index is 350. The fourth-order valence-electron chi connectivity index (χ4n) is 1.60. The first kappa shape index (κ1) is 13.1. The van der Waals surface area contributed by atoms with Crippen LogP contribution in [0.2, 0.25) is 0 Å². The van der Waals surface area contributed by atoms with E-state index in [0.29, 0.717) is 0 Å². The molecule has 1 aromatic rings. The lowest BCUT2D eigenvalue weighted by molar-refractivity contribution is -0.137. The van der Waals surface area contributed by atoms with Gasteiger partial charge in [-0.05, 0) is 25.5 Å². The number of benzene rings is 1. The van der Waals surface area contributed by atoms with E-state index in [1.807, 2.05) is 12.1 Å². The summed E-state index contributed by atoms with van der Waals surface area (Å²) in [7, 11) is 0. The standard InChI is InChI=1S/C13H18O2S/c1-3-5-11(9-13(14)15)16-12-7-4-6-10(2)8-12/h4,6-8,11H,3,5,9H2,1-2H3,(H,14,15). The lowest BCUT2D eigenvalue weighted by atomic mass is 10.2. The first-order chi connectivity index (χ1) is 7.61. The molecule has 0 spiro atoms. The van der Waals surface area contributed by atoms with Crippen LogP contribution < -0.4 is 0 Å². The molecule has 2 nitrogen and oxygen atoms in total. The number of hydrogen-bond donors (Lipinski definition) is 1. The largest absolute Gasteiger partial charge is 0.481 e. The number of carboxylic acid groups (broad SMARTS) is 1. The van der Waals surface area contributed by atoms with Gasteiger partial charge in [-0.3, -0.25) is 4.79 Å². The van der Waals surface area contributed by atoms with Crippen LogP contribution in [0.1, 0.15) is 31.7 Å². The SMILES string of the molecule is CCCC(CC(=O)O)Sc1cccc(C)c1. The Morgan fingerprint density at radius 3 is 2.81 bits per heavy atom. The van der Waals surface area contributed by atoms with Crippen molar-refractivity contribution in [2.24, 2.45) is 0 Å². The summed E-state index contributed by atoms with van der Waals surface area (Å²) in [6.07, 6.45) is 2.22. The topological polar surface area (TPSA) is 37.3 Å². The van der Waals surface area contributed by atoms with Crippen molar-refractivity contribution < 1.29 is 9.90 Å². The molecule has 0 aliphatic rings. The number of carboxylic acids is 1. The molecule has 0 saturated heterocycles. The molecule has 88 valence electrons. The summed E-state index contributed by atoms with van der Waals surface area (Å²) in [5, 5.41) is 9.01. The molecule has 1 N–H and O–H groups in total. The van der Waals surface area contributed by atoms with Crippen molar-refractivity contribution in [3.05, 3.63) is 29.8 Å². The zero-order chi connectivity index (χ0) is 12.0. The quantitative estimate of drug-likeness (QED) is 0.767. The van der Waals surface area contributed by atoms with Gasteiger partial charge in [0.25, 0.3) is 0 Å². The molecule has 0 aliphatic heterocycles. The molecule has 0 bridgehead atoms. The van der Waals surface area contributed by atoms with Crippen molar-refractivity contribution in [1.29, 1.82) is 0 Å². The van der Waals surface area contributed by atoms with Crippen molar-refractivity contribution in [3.8, 4) is 0 Å². The highest BCUT2D eigenvalue weighted by molar-refractivity contribution is 8.00. The van der Waals surface area contributed by atoms with Crippen molar-refractivity contribution in [2.45, 2.75) is 43.3 Å². The summed E-state index contributed by atoms with van der Waals surface area (Å²) in [5.41, 5.74) is 1.22. The van der Waals surface area contributed by atoms with Crippen LogP contribution in [0.4, 0.5) is 0 Å². The lowest BCUT2D eigenvalue weighted by Gasteiger charge is -2.13. The highest BCUT2D eigenvalue weighted by Crippen LogP contribution is 2.28. The monoisotopic (exact) mass is 238 g/mol. The first-order valence-corrected chi connectivity index (χ1v) is 6.45. The minimum Gasteiger partial charge on any atom is -0.481 e. The lowest BCUT2D eigenvalue weighted by Crippen LogP contribution is -2.09. The van der Waals surface area contributed by atoms with Gasteiger partial charge in [0.1, 0.15) is 0 Å². The van der Waals surface area contributed by atoms with Crippen LogP contribution in [0.25, 0.3) is 0 Å². The maximum atomic E-state index is 10.7. The maximum absolute atomic E-state index is 10.7. The molecule has 1 rings (SSSR count). The number of thioether (sulfide) groups is 1. The van der Waals surface area contributed by atoms with E-state index in [0.717, 1.165) is 12.8 Å². The van der Waals surface area contributed by atoms with Crippen molar-refractivity contribution in [3.63, 3.8) is 0 Å². The highest BCUT2D eigenvalue weighted by atomic mass is 32.2. The molecule has 0 heterocycles. The smallest absolute Gasteiger partial charge is 0.304 e. The molecule has 1 unspecified atom stereocenters. The number of hydrogen-bond acceptors (Lipinski definition) is 2. The summed E-state index contributed by atoms with van der Waals surface area (Å²) in [6.45, 7) is 4.14. The van der Waals surface area contributed by atoms with Gasteiger partial charge in [-0.2, -0.15) is 0 Å². The third-order valence-electron chi connectivity index (χ3n) is 2.31. The van der Waals surface area contributed by atoms with Gasteiger partial charge in [0.2, 0.25) is 0 Å². The molecular formula is C13H18O2S. The first-order valence-electron chi connectivity index (χ1n) is 5.57. The third kappa shape index (κ3) is 4.71. The Morgan fingerprint density at radius 1 is 1.50 bits per heavy atom. The van der Waals surface area contributed by atoms with Crippen LogP contribution in [0.15, 0.2) is 29.2 Å². The summed E-state index contributed by atoms with van der Waals surface area (Å²) in [4.78, 5) is 11.9. The molecule has 0 saturated carbocycles. The van der Waals surface area contributed by atoms with Gasteiger partial charge in [-0.25, -0.2) is 0 Å². The van der Waals surface area contributed by atoms with E-state index in [1.165, 1.54) is 10.5 Å². The van der Waals surface area contributed by atoms with Crippen LogP contribution in [0, 0.1) is 6.92 Å². The summed E-state index contributed by atoms with van der Waals surface area (Å²) >= 11 is 1.67. The van der Waals surface area contributed by atoms with Gasteiger partial charge < -0.3 is 5.11 Å². The van der Waals surface area contributed by atoms with Gasteiger partial charge >= 0.3 is 5.97 Å². The Morgan fingerprint density at radius 2 is 2.25 bits per heavy atom. The zero-order valence-corrected chi connectivity index (χ0v) is 10.6. The van der Waals surface area contributed by atoms with Gasteiger partial charge in [-0.15, -0.1) is 11.8 Å². The number of aliphatic carboxylic acids is 1. The summed E-state index contributed by atoms with van der Waals surface area (Å²) in [6, 6.07) is 8.22. The average molecular weight is 238 g/mol. The fraction of sp³-hybridized carbons (Fsp3) is 0.462. The molecule has 1 atom stereocenters. The normalized spacial score (nSPS) is 12.4. The second kappa shape index (κ2) is 6.59. The molecule has 3 heteroatoms. The molecule has 0 aromatic heterocycles. The van der Waals surface area contributed by atoms with E-state index < -0.39 is 5.97 Å². The van der Waals surface area contributed by atoms with E-state index in [2.05, 4.69) is 26.0 Å². The molecule has 0 amide bonds. The second-order valence-electron chi connectivity index (χ2n) is 3.94. The Kier molecular flexibility index (Phi) is 5.39. The Labute approximate surface area is 101 Å². The van der Waals surface area contributed by atoms with Gasteiger partial charge in [0.15, 0.2) is 0 Å². The molecule has 1 aromatic carbocycles. The minimum atomic E-state index is -0.710. The predicted molar refractivity (Wildman–Crippen MR) is 68.0 cm³/mol. The zero-order valence-electron chi connectivity index (χ0n) is 9.77. The predicted octanol–water partition coefficient (Wildman–Crippen LogP) is 3.73. The van der Waals surface area contributed by atoms with Crippen LogP contribution in [0.3, 0.4) is 0 Å². The van der Waals surface area contributed by atoms with Gasteiger partial charge in [0.05, 0.1) is 6.42 Å². The Balaban J connectivity index is 2.63. The maximum Gasteiger partial charge on any atom is 0.304 e. The third-order valence-corrected chi connectivity index (χ3v) is 3.57. The number of aryl methyl sites for hydroxylation is 1. The number of rotatable bonds is 6. The second-order valence-corrected chi connectivity index (χ2v) is 5.32. The molecule has 0 radical (unpaired) electrons. The fourth-order valence-corrected chi connectivity index (χ4v) is 2.98. The van der Waals surface area contributed by atoms with E-state index in [-0.39, 0.29) is 11.7 Å². The van der Waals surface area contributed by atoms with Crippen LogP contribution in [0.5, 0.6) is 0 Å². The van der Waals surface area contributed by atoms with E-state index in [1.54, 1.807) is 11.8 Å². The Hall–Kier alpha value is -0.960.